The first-order valence-corrected chi connectivity index (χ1v) is 8.38. The predicted molar refractivity (Wildman–Crippen MR) is 95.5 cm³/mol. The lowest BCUT2D eigenvalue weighted by Crippen LogP contribution is -2.26. The summed E-state index contributed by atoms with van der Waals surface area (Å²) in [6, 6.07) is 13.8. The Hall–Kier alpha value is -2.67. The molecule has 0 spiro atoms. The fourth-order valence-corrected chi connectivity index (χ4v) is 2.55. The number of fused-ring (bicyclic) bond motifs is 1. The maximum absolute atomic E-state index is 12.1. The van der Waals surface area contributed by atoms with Gasteiger partial charge < -0.3 is 9.47 Å². The lowest BCUT2D eigenvalue weighted by molar-refractivity contribution is -0.152. The van der Waals surface area contributed by atoms with Gasteiger partial charge in [-0.15, -0.1) is 0 Å². The molecule has 25 heavy (non-hydrogen) atoms. The first kappa shape index (κ1) is 17.2. The summed E-state index contributed by atoms with van der Waals surface area (Å²) in [5, 5.41) is 0. The van der Waals surface area contributed by atoms with Gasteiger partial charge in [-0.05, 0) is 47.1 Å². The van der Waals surface area contributed by atoms with Crippen molar-refractivity contribution in [2.75, 3.05) is 0 Å². The number of halogens is 1. The number of benzene rings is 1. The largest absolute Gasteiger partial charge is 0.479 e. The molecular formula is C18H15BrN2O4. The number of carbonyl (C=O) groups excluding carboxylic acids is 1. The second-order valence-corrected chi connectivity index (χ2v) is 6.26. The van der Waals surface area contributed by atoms with Crippen molar-refractivity contribution >= 4 is 27.5 Å². The van der Waals surface area contributed by atoms with Crippen LogP contribution in [-0.2, 0) is 16.1 Å². The number of ether oxygens (including phenoxy) is 2. The number of pyridine rings is 1. The van der Waals surface area contributed by atoms with Gasteiger partial charge in [0.2, 0.25) is 0 Å². The zero-order valence-corrected chi connectivity index (χ0v) is 15.0. The standard InChI is InChI=1S/C18H15BrN2O4/c1-12(25-15-5-3-2-4-6-15)18(23)24-11-14-9-17(22)21-10-13(19)7-8-16(21)20-14/h2-10,12H,11H2,1H3/t12-/m1/s1. The van der Waals surface area contributed by atoms with Crippen LogP contribution in [0.3, 0.4) is 0 Å². The second kappa shape index (κ2) is 7.48. The molecular weight excluding hydrogens is 388 g/mol. The fraction of sp³-hybridized carbons (Fsp3) is 0.167. The minimum atomic E-state index is -0.764. The third-order valence-corrected chi connectivity index (χ3v) is 3.90. The summed E-state index contributed by atoms with van der Waals surface area (Å²) >= 11 is 3.31. The number of rotatable bonds is 5. The molecule has 3 rings (SSSR count). The second-order valence-electron chi connectivity index (χ2n) is 5.34. The van der Waals surface area contributed by atoms with E-state index in [9.17, 15) is 9.59 Å². The lowest BCUT2D eigenvalue weighted by Gasteiger charge is -2.13. The number of hydrogen-bond acceptors (Lipinski definition) is 5. The minimum Gasteiger partial charge on any atom is -0.479 e. The van der Waals surface area contributed by atoms with Crippen LogP contribution in [-0.4, -0.2) is 21.5 Å². The summed E-state index contributed by atoms with van der Waals surface area (Å²) in [5.74, 6) is 0.0567. The monoisotopic (exact) mass is 402 g/mol. The Bertz CT molecular complexity index is 956. The van der Waals surface area contributed by atoms with Gasteiger partial charge in [-0.3, -0.25) is 9.20 Å². The summed E-state index contributed by atoms with van der Waals surface area (Å²) in [4.78, 5) is 28.5. The third-order valence-electron chi connectivity index (χ3n) is 3.43. The molecule has 6 nitrogen and oxygen atoms in total. The molecule has 2 heterocycles. The molecule has 0 bridgehead atoms. The van der Waals surface area contributed by atoms with Gasteiger partial charge in [0.05, 0.1) is 5.69 Å². The third kappa shape index (κ3) is 4.24. The molecule has 0 saturated carbocycles. The highest BCUT2D eigenvalue weighted by Crippen LogP contribution is 2.12. The Balaban J connectivity index is 1.66. The Labute approximate surface area is 152 Å². The van der Waals surface area contributed by atoms with Crippen molar-refractivity contribution in [3.05, 3.63) is 75.2 Å². The average Bonchev–Trinajstić information content (AvgIpc) is 2.61. The molecule has 0 unspecified atom stereocenters. The van der Waals surface area contributed by atoms with Crippen LogP contribution in [0, 0.1) is 0 Å². The van der Waals surface area contributed by atoms with Gasteiger partial charge in [0.1, 0.15) is 18.0 Å². The number of para-hydroxylation sites is 1. The molecule has 3 aromatic rings. The number of aromatic nitrogens is 2. The number of carbonyl (C=O) groups is 1. The van der Waals surface area contributed by atoms with Gasteiger partial charge in [0.25, 0.3) is 5.56 Å². The molecule has 0 aliphatic heterocycles. The molecule has 0 amide bonds. The summed E-state index contributed by atoms with van der Waals surface area (Å²) in [7, 11) is 0. The van der Waals surface area contributed by atoms with E-state index in [2.05, 4.69) is 20.9 Å². The minimum absolute atomic E-state index is 0.0941. The zero-order valence-electron chi connectivity index (χ0n) is 13.4. The molecule has 0 aliphatic carbocycles. The van der Waals surface area contributed by atoms with Gasteiger partial charge in [-0.1, -0.05) is 18.2 Å². The molecule has 0 saturated heterocycles. The highest BCUT2D eigenvalue weighted by atomic mass is 79.9. The van der Waals surface area contributed by atoms with E-state index in [1.807, 2.05) is 18.2 Å². The van der Waals surface area contributed by atoms with Gasteiger partial charge in [0.15, 0.2) is 6.10 Å². The molecule has 1 atom stereocenters. The molecule has 1 aromatic carbocycles. The molecule has 2 aromatic heterocycles. The van der Waals surface area contributed by atoms with E-state index >= 15 is 0 Å². The summed E-state index contributed by atoms with van der Waals surface area (Å²) < 4.78 is 12.9. The average molecular weight is 403 g/mol. The van der Waals surface area contributed by atoms with Crippen LogP contribution in [0.15, 0.2) is 64.0 Å². The van der Waals surface area contributed by atoms with Crippen molar-refractivity contribution in [2.45, 2.75) is 19.6 Å². The highest BCUT2D eigenvalue weighted by Gasteiger charge is 2.17. The number of esters is 1. The Morgan fingerprint density at radius 1 is 1.24 bits per heavy atom. The normalized spacial score (nSPS) is 11.9. The van der Waals surface area contributed by atoms with Crippen LogP contribution >= 0.6 is 15.9 Å². The quantitative estimate of drug-likeness (QED) is 0.613. The van der Waals surface area contributed by atoms with Gasteiger partial charge >= 0.3 is 5.97 Å². The molecule has 0 N–H and O–H groups in total. The van der Waals surface area contributed by atoms with Crippen molar-refractivity contribution in [2.24, 2.45) is 0 Å². The number of hydrogen-bond donors (Lipinski definition) is 0. The summed E-state index contributed by atoms with van der Waals surface area (Å²) in [5.41, 5.74) is 0.619. The van der Waals surface area contributed by atoms with Gasteiger partial charge in [0, 0.05) is 16.7 Å². The van der Waals surface area contributed by atoms with Crippen LogP contribution in [0.4, 0.5) is 0 Å². The SMILES string of the molecule is C[C@@H](Oc1ccccc1)C(=O)OCc1cc(=O)n2cc(Br)ccc2n1. The predicted octanol–water partition coefficient (Wildman–Crippen LogP) is 2.97. The van der Waals surface area contributed by atoms with E-state index in [1.165, 1.54) is 10.5 Å². The van der Waals surface area contributed by atoms with E-state index in [0.29, 0.717) is 17.1 Å². The van der Waals surface area contributed by atoms with Crippen molar-refractivity contribution < 1.29 is 14.3 Å². The van der Waals surface area contributed by atoms with Crippen LogP contribution < -0.4 is 10.3 Å². The van der Waals surface area contributed by atoms with Gasteiger partial charge in [-0.25, -0.2) is 9.78 Å². The molecule has 7 heteroatoms. The van der Waals surface area contributed by atoms with E-state index in [0.717, 1.165) is 4.47 Å². The maximum Gasteiger partial charge on any atom is 0.347 e. The highest BCUT2D eigenvalue weighted by molar-refractivity contribution is 9.10. The van der Waals surface area contributed by atoms with Crippen molar-refractivity contribution in [1.82, 2.24) is 9.38 Å². The maximum atomic E-state index is 12.1. The molecule has 0 fully saturated rings. The van der Waals surface area contributed by atoms with E-state index in [1.54, 1.807) is 37.4 Å². The van der Waals surface area contributed by atoms with Crippen LogP contribution in [0.1, 0.15) is 12.6 Å². The van der Waals surface area contributed by atoms with Crippen LogP contribution in [0.25, 0.3) is 5.65 Å². The Kier molecular flexibility index (Phi) is 5.14. The van der Waals surface area contributed by atoms with Crippen molar-refractivity contribution in [3.63, 3.8) is 0 Å². The Morgan fingerprint density at radius 2 is 2.00 bits per heavy atom. The smallest absolute Gasteiger partial charge is 0.347 e. The van der Waals surface area contributed by atoms with E-state index in [-0.39, 0.29) is 12.2 Å². The molecule has 0 aliphatic rings. The lowest BCUT2D eigenvalue weighted by atomic mass is 10.3. The molecule has 0 radical (unpaired) electrons. The van der Waals surface area contributed by atoms with Gasteiger partial charge in [-0.2, -0.15) is 0 Å². The van der Waals surface area contributed by atoms with Crippen molar-refractivity contribution in [3.8, 4) is 5.75 Å². The zero-order chi connectivity index (χ0) is 17.8. The fourth-order valence-electron chi connectivity index (χ4n) is 2.21. The Morgan fingerprint density at radius 3 is 2.76 bits per heavy atom. The summed E-state index contributed by atoms with van der Waals surface area (Å²) in [6.45, 7) is 1.51. The van der Waals surface area contributed by atoms with E-state index in [4.69, 9.17) is 9.47 Å². The topological polar surface area (TPSA) is 69.9 Å². The van der Waals surface area contributed by atoms with Crippen LogP contribution in [0.2, 0.25) is 0 Å². The van der Waals surface area contributed by atoms with Crippen LogP contribution in [0.5, 0.6) is 5.75 Å². The molecule has 128 valence electrons. The van der Waals surface area contributed by atoms with E-state index < -0.39 is 12.1 Å². The first-order valence-electron chi connectivity index (χ1n) is 7.59. The van der Waals surface area contributed by atoms with Crippen molar-refractivity contribution in [1.29, 1.82) is 0 Å². The number of nitrogens with zero attached hydrogens (tertiary/aromatic N) is 2. The summed E-state index contributed by atoms with van der Waals surface area (Å²) in [6.07, 6.45) is 0.871. The first-order chi connectivity index (χ1) is 12.0.